The second-order valence-corrected chi connectivity index (χ2v) is 16.6. The van der Waals surface area contributed by atoms with E-state index in [0.29, 0.717) is 0 Å². The van der Waals surface area contributed by atoms with Crippen LogP contribution in [-0.2, 0) is 10.8 Å². The first-order chi connectivity index (χ1) is 27.3. The van der Waals surface area contributed by atoms with Gasteiger partial charge in [-0.2, -0.15) is 0 Å². The molecule has 0 N–H and O–H groups in total. The maximum atomic E-state index is 2.49. The Hall–Kier alpha value is -6.64. The molecule has 1 aromatic heterocycles. The largest absolute Gasteiger partial charge is 0.310 e. The van der Waals surface area contributed by atoms with E-state index in [1.807, 2.05) is 0 Å². The monoisotopic (exact) mass is 734 g/mol. The number of anilines is 3. The Labute approximate surface area is 336 Å². The lowest BCUT2D eigenvalue weighted by atomic mass is 9.82. The van der Waals surface area contributed by atoms with Crippen LogP contribution in [0.2, 0.25) is 0 Å². The summed E-state index contributed by atoms with van der Waals surface area (Å²) in [6, 6.07) is 67.5. The molecule has 8 aromatic carbocycles. The first-order valence-electron chi connectivity index (χ1n) is 19.8. The Morgan fingerprint density at radius 3 is 1.56 bits per heavy atom. The van der Waals surface area contributed by atoms with Gasteiger partial charge in [-0.1, -0.05) is 163 Å². The summed E-state index contributed by atoms with van der Waals surface area (Å²) in [7, 11) is 0. The van der Waals surface area contributed by atoms with Crippen molar-refractivity contribution in [3.63, 3.8) is 0 Å². The van der Waals surface area contributed by atoms with E-state index >= 15 is 0 Å². The third kappa shape index (κ3) is 5.03. The van der Waals surface area contributed by atoms with Crippen LogP contribution in [0.4, 0.5) is 17.1 Å². The van der Waals surface area contributed by atoms with E-state index in [1.165, 1.54) is 88.8 Å². The number of nitrogens with zero attached hydrogens (tertiary/aromatic N) is 2. The fraction of sp³-hybridized carbons (Fsp3) is 0.127. The van der Waals surface area contributed by atoms with Gasteiger partial charge in [0.15, 0.2) is 0 Å². The van der Waals surface area contributed by atoms with Crippen molar-refractivity contribution in [1.29, 1.82) is 0 Å². The minimum Gasteiger partial charge on any atom is -0.310 e. The number of hydrogen-bond donors (Lipinski definition) is 0. The summed E-state index contributed by atoms with van der Waals surface area (Å²) in [4.78, 5) is 2.49. The lowest BCUT2D eigenvalue weighted by Gasteiger charge is -2.30. The molecule has 0 unspecified atom stereocenters. The van der Waals surface area contributed by atoms with Gasteiger partial charge in [-0.25, -0.2) is 0 Å². The summed E-state index contributed by atoms with van der Waals surface area (Å²) in [5.74, 6) is 0. The van der Waals surface area contributed by atoms with Crippen LogP contribution in [0.25, 0.3) is 60.9 Å². The minimum atomic E-state index is -0.101. The molecule has 0 saturated carbocycles. The lowest BCUT2D eigenvalue weighted by molar-refractivity contribution is 0.660. The van der Waals surface area contributed by atoms with Crippen LogP contribution in [0.15, 0.2) is 182 Å². The zero-order valence-electron chi connectivity index (χ0n) is 32.2. The van der Waals surface area contributed by atoms with E-state index < -0.39 is 0 Å². The van der Waals surface area contributed by atoms with Crippen molar-refractivity contribution in [3.8, 4) is 39.1 Å². The second-order valence-electron chi connectivity index (χ2n) is 16.6. The molecule has 0 bridgehead atoms. The normalized spacial score (nSPS) is 14.1. The Balaban J connectivity index is 0.00000396. The highest BCUT2D eigenvalue weighted by Gasteiger charge is 2.39. The van der Waals surface area contributed by atoms with Crippen molar-refractivity contribution in [1.82, 2.24) is 4.57 Å². The molecule has 57 heavy (non-hydrogen) atoms. The van der Waals surface area contributed by atoms with Gasteiger partial charge in [-0.15, -0.1) is 0 Å². The Morgan fingerprint density at radius 1 is 0.404 bits per heavy atom. The van der Waals surface area contributed by atoms with Crippen LogP contribution in [0.5, 0.6) is 0 Å². The van der Waals surface area contributed by atoms with Crippen LogP contribution in [-0.4, -0.2) is 4.57 Å². The quantitative estimate of drug-likeness (QED) is 0.171. The van der Waals surface area contributed by atoms with Crippen LogP contribution in [0.1, 0.15) is 57.4 Å². The minimum absolute atomic E-state index is 0. The van der Waals surface area contributed by atoms with Gasteiger partial charge in [0.05, 0.1) is 16.7 Å². The topological polar surface area (TPSA) is 8.17 Å². The van der Waals surface area contributed by atoms with Crippen LogP contribution in [0, 0.1) is 0 Å². The van der Waals surface area contributed by atoms with Crippen LogP contribution < -0.4 is 4.90 Å². The highest BCUT2D eigenvalue weighted by Crippen LogP contribution is 2.55. The Bertz CT molecular complexity index is 2960. The molecule has 1 heterocycles. The van der Waals surface area contributed by atoms with Gasteiger partial charge in [0.1, 0.15) is 0 Å². The molecule has 0 aliphatic heterocycles. The standard InChI is InChI=1S/C54H42N2.CH4/c1-53(2)46-19-10-6-17-44(46)52-47(53)20-13-23-51(52)55(39-32-33-41-40-14-5-9-18-45(40)54(3,4)48(41)34-39)37-28-24-35(25-29-37)36-26-30-38(31-27-36)56-49-21-11-7-15-42(49)43-16-8-12-22-50(43)56;/h5-34H,1-4H3;1H4. The highest BCUT2D eigenvalue weighted by molar-refractivity contribution is 6.09. The summed E-state index contributed by atoms with van der Waals surface area (Å²) < 4.78 is 2.38. The van der Waals surface area contributed by atoms with Crippen molar-refractivity contribution >= 4 is 38.9 Å². The summed E-state index contributed by atoms with van der Waals surface area (Å²) in [6.45, 7) is 9.46. The first-order valence-corrected chi connectivity index (χ1v) is 19.8. The van der Waals surface area contributed by atoms with Crippen molar-refractivity contribution in [2.45, 2.75) is 46.0 Å². The fourth-order valence-electron chi connectivity index (χ4n) is 9.99. The predicted octanol–water partition coefficient (Wildman–Crippen LogP) is 15.2. The summed E-state index contributed by atoms with van der Waals surface area (Å²) in [6.07, 6.45) is 0. The van der Waals surface area contributed by atoms with E-state index in [9.17, 15) is 0 Å². The number of para-hydroxylation sites is 2. The van der Waals surface area contributed by atoms with E-state index in [1.54, 1.807) is 0 Å². The molecule has 2 aliphatic rings. The number of aromatic nitrogens is 1. The van der Waals surface area contributed by atoms with Crippen LogP contribution >= 0.6 is 0 Å². The zero-order valence-corrected chi connectivity index (χ0v) is 32.2. The van der Waals surface area contributed by atoms with E-state index in [-0.39, 0.29) is 18.3 Å². The zero-order chi connectivity index (χ0) is 37.8. The summed E-state index contributed by atoms with van der Waals surface area (Å²) in [5, 5.41) is 2.56. The summed E-state index contributed by atoms with van der Waals surface area (Å²) >= 11 is 0. The van der Waals surface area contributed by atoms with Crippen molar-refractivity contribution in [3.05, 3.63) is 204 Å². The van der Waals surface area contributed by atoms with E-state index in [4.69, 9.17) is 0 Å². The fourth-order valence-corrected chi connectivity index (χ4v) is 9.99. The van der Waals surface area contributed by atoms with Crippen molar-refractivity contribution < 1.29 is 0 Å². The lowest BCUT2D eigenvalue weighted by Crippen LogP contribution is -2.17. The van der Waals surface area contributed by atoms with E-state index in [2.05, 4.69) is 219 Å². The van der Waals surface area contributed by atoms with Crippen molar-refractivity contribution in [2.24, 2.45) is 0 Å². The number of benzene rings is 8. The number of hydrogen-bond acceptors (Lipinski definition) is 1. The summed E-state index contributed by atoms with van der Waals surface area (Å²) in [5.41, 5.74) is 20.2. The average Bonchev–Trinajstić information content (AvgIpc) is 3.79. The molecular formula is C55H46N2. The molecule has 276 valence electrons. The molecule has 0 atom stereocenters. The molecular weight excluding hydrogens is 689 g/mol. The van der Waals surface area contributed by atoms with E-state index in [0.717, 1.165) is 11.4 Å². The number of fused-ring (bicyclic) bond motifs is 9. The molecule has 9 aromatic rings. The molecule has 0 fully saturated rings. The highest BCUT2D eigenvalue weighted by atomic mass is 15.1. The molecule has 0 spiro atoms. The van der Waals surface area contributed by atoms with Gasteiger partial charge in [-0.3, -0.25) is 0 Å². The Kier molecular flexibility index (Phi) is 7.76. The van der Waals surface area contributed by atoms with Gasteiger partial charge in [-0.05, 0) is 105 Å². The molecule has 11 rings (SSSR count). The number of rotatable bonds is 5. The third-order valence-corrected chi connectivity index (χ3v) is 12.8. The van der Waals surface area contributed by atoms with Crippen LogP contribution in [0.3, 0.4) is 0 Å². The van der Waals surface area contributed by atoms with Crippen molar-refractivity contribution in [2.75, 3.05) is 4.90 Å². The maximum absolute atomic E-state index is 2.49. The Morgan fingerprint density at radius 2 is 0.895 bits per heavy atom. The molecule has 0 saturated heterocycles. The molecule has 2 nitrogen and oxygen atoms in total. The van der Waals surface area contributed by atoms with Gasteiger partial charge >= 0.3 is 0 Å². The SMILES string of the molecule is C.CC1(C)c2ccccc2-c2ccc(N(c3ccc(-c4ccc(-n5c6ccccc6c6ccccc65)cc4)cc3)c3cccc4c3-c3ccccc3C4(C)C)cc21. The molecule has 2 aliphatic carbocycles. The second kappa shape index (κ2) is 12.7. The maximum Gasteiger partial charge on any atom is 0.0543 e. The molecule has 2 heteroatoms. The van der Waals surface area contributed by atoms with Gasteiger partial charge in [0.25, 0.3) is 0 Å². The van der Waals surface area contributed by atoms with Gasteiger partial charge < -0.3 is 9.47 Å². The first kappa shape index (κ1) is 34.8. The average molecular weight is 735 g/mol. The van der Waals surface area contributed by atoms with Gasteiger partial charge in [0.2, 0.25) is 0 Å². The molecule has 0 radical (unpaired) electrons. The van der Waals surface area contributed by atoms with Gasteiger partial charge in [0, 0.05) is 44.2 Å². The third-order valence-electron chi connectivity index (χ3n) is 12.8. The molecule has 0 amide bonds. The predicted molar refractivity (Wildman–Crippen MR) is 243 cm³/mol. The smallest absolute Gasteiger partial charge is 0.0543 e.